The quantitative estimate of drug-likeness (QED) is 0.881. The highest BCUT2D eigenvalue weighted by molar-refractivity contribution is 5.43. The van der Waals surface area contributed by atoms with E-state index < -0.39 is 6.10 Å². The maximum absolute atomic E-state index is 9.62. The topological polar surface area (TPSA) is 38.7 Å². The van der Waals surface area contributed by atoms with Gasteiger partial charge < -0.3 is 14.6 Å². The molecule has 1 unspecified atom stereocenters. The Morgan fingerprint density at radius 3 is 2.45 bits per heavy atom. The summed E-state index contributed by atoms with van der Waals surface area (Å²) < 4.78 is 11.5. The third-order valence-corrected chi connectivity index (χ3v) is 4.33. The van der Waals surface area contributed by atoms with E-state index in [0.29, 0.717) is 11.9 Å². The Morgan fingerprint density at radius 1 is 1.20 bits per heavy atom. The minimum Gasteiger partial charge on any atom is -0.493 e. The highest BCUT2D eigenvalue weighted by Gasteiger charge is 2.22. The fourth-order valence-electron chi connectivity index (χ4n) is 2.88. The van der Waals surface area contributed by atoms with E-state index in [-0.39, 0.29) is 0 Å². The van der Waals surface area contributed by atoms with E-state index in [2.05, 4.69) is 6.92 Å². The summed E-state index contributed by atoms with van der Waals surface area (Å²) >= 11 is 0. The second kappa shape index (κ2) is 6.98. The number of aliphatic hydroxyl groups is 1. The minimum atomic E-state index is -0.488. The molecule has 1 aliphatic carbocycles. The zero-order valence-electron chi connectivity index (χ0n) is 12.8. The molecule has 1 atom stereocenters. The van der Waals surface area contributed by atoms with E-state index in [0.717, 1.165) is 30.1 Å². The Labute approximate surface area is 121 Å². The molecule has 0 aliphatic heterocycles. The number of ether oxygens (including phenoxy) is 2. The Morgan fingerprint density at radius 2 is 1.90 bits per heavy atom. The van der Waals surface area contributed by atoms with Gasteiger partial charge in [-0.15, -0.1) is 0 Å². The largest absolute Gasteiger partial charge is 0.493 e. The van der Waals surface area contributed by atoms with Gasteiger partial charge in [-0.25, -0.2) is 0 Å². The molecule has 0 radical (unpaired) electrons. The Bertz CT molecular complexity index is 420. The van der Waals surface area contributed by atoms with Crippen molar-refractivity contribution in [2.75, 3.05) is 7.11 Å². The molecule has 0 amide bonds. The van der Waals surface area contributed by atoms with Crippen LogP contribution in [-0.2, 0) is 0 Å². The lowest BCUT2D eigenvalue weighted by molar-refractivity contribution is 0.125. The van der Waals surface area contributed by atoms with E-state index in [1.54, 1.807) is 14.0 Å². The van der Waals surface area contributed by atoms with Crippen molar-refractivity contribution in [3.8, 4) is 11.5 Å². The van der Waals surface area contributed by atoms with Gasteiger partial charge in [0.15, 0.2) is 11.5 Å². The summed E-state index contributed by atoms with van der Waals surface area (Å²) in [4.78, 5) is 0. The van der Waals surface area contributed by atoms with Gasteiger partial charge in [-0.2, -0.15) is 0 Å². The minimum absolute atomic E-state index is 0.295. The van der Waals surface area contributed by atoms with Crippen LogP contribution < -0.4 is 9.47 Å². The van der Waals surface area contributed by atoms with Gasteiger partial charge in [-0.3, -0.25) is 0 Å². The number of hydrogen-bond donors (Lipinski definition) is 1. The summed E-state index contributed by atoms with van der Waals surface area (Å²) in [6.07, 6.45) is 5.85. The van der Waals surface area contributed by atoms with Crippen molar-refractivity contribution in [1.29, 1.82) is 0 Å². The van der Waals surface area contributed by atoms with Crippen LogP contribution in [0.15, 0.2) is 18.2 Å². The molecule has 1 aromatic rings. The normalized spacial score (nSPS) is 24.2. The lowest BCUT2D eigenvalue weighted by Crippen LogP contribution is -2.24. The van der Waals surface area contributed by atoms with Crippen LogP contribution in [0.1, 0.15) is 57.6 Å². The zero-order valence-corrected chi connectivity index (χ0v) is 12.8. The average Bonchev–Trinajstić information content (AvgIpc) is 2.48. The highest BCUT2D eigenvalue weighted by atomic mass is 16.5. The van der Waals surface area contributed by atoms with Crippen molar-refractivity contribution in [1.82, 2.24) is 0 Å². The van der Waals surface area contributed by atoms with E-state index in [1.165, 1.54) is 19.3 Å². The van der Waals surface area contributed by atoms with Crippen LogP contribution in [0.4, 0.5) is 0 Å². The van der Waals surface area contributed by atoms with Crippen LogP contribution in [-0.4, -0.2) is 18.3 Å². The van der Waals surface area contributed by atoms with Crippen LogP contribution >= 0.6 is 0 Å². The predicted octanol–water partition coefficient (Wildman–Crippen LogP) is 4.10. The van der Waals surface area contributed by atoms with Crippen molar-refractivity contribution < 1.29 is 14.6 Å². The number of rotatable bonds is 5. The van der Waals surface area contributed by atoms with Crippen molar-refractivity contribution in [2.45, 2.75) is 58.2 Å². The Balaban J connectivity index is 2.02. The smallest absolute Gasteiger partial charge is 0.161 e. The third kappa shape index (κ3) is 3.66. The molecule has 0 bridgehead atoms. The monoisotopic (exact) mass is 278 g/mol. The van der Waals surface area contributed by atoms with Crippen LogP contribution in [0.2, 0.25) is 0 Å². The van der Waals surface area contributed by atoms with Crippen LogP contribution in [0.25, 0.3) is 0 Å². The maximum atomic E-state index is 9.62. The molecule has 1 fully saturated rings. The van der Waals surface area contributed by atoms with Gasteiger partial charge in [0, 0.05) is 0 Å². The standard InChI is InChI=1S/C17H26O3/c1-4-13-5-8-15(9-6-13)20-16-10-7-14(12(2)18)11-17(16)19-3/h7,10-13,15,18H,4-6,8-9H2,1-3H3. The number of methoxy groups -OCH3 is 1. The second-order valence-corrected chi connectivity index (χ2v) is 5.76. The Hall–Kier alpha value is -1.22. The van der Waals surface area contributed by atoms with Crippen molar-refractivity contribution in [3.63, 3.8) is 0 Å². The van der Waals surface area contributed by atoms with E-state index in [9.17, 15) is 5.11 Å². The highest BCUT2D eigenvalue weighted by Crippen LogP contribution is 2.34. The SMILES string of the molecule is CCC1CCC(Oc2ccc(C(C)O)cc2OC)CC1. The molecule has 0 aromatic heterocycles. The summed E-state index contributed by atoms with van der Waals surface area (Å²) in [5, 5.41) is 9.62. The first kappa shape index (κ1) is 15.2. The number of aliphatic hydroxyl groups excluding tert-OH is 1. The zero-order chi connectivity index (χ0) is 14.5. The van der Waals surface area contributed by atoms with Gasteiger partial charge in [-0.05, 0) is 56.2 Å². The average molecular weight is 278 g/mol. The molecule has 1 N–H and O–H groups in total. The lowest BCUT2D eigenvalue weighted by Gasteiger charge is -2.28. The molecule has 112 valence electrons. The molecule has 0 saturated heterocycles. The second-order valence-electron chi connectivity index (χ2n) is 5.76. The maximum Gasteiger partial charge on any atom is 0.161 e. The molecule has 3 heteroatoms. The van der Waals surface area contributed by atoms with E-state index in [4.69, 9.17) is 9.47 Å². The summed E-state index contributed by atoms with van der Waals surface area (Å²) in [6.45, 7) is 4.02. The molecule has 1 saturated carbocycles. The fraction of sp³-hybridized carbons (Fsp3) is 0.647. The number of benzene rings is 1. The summed E-state index contributed by atoms with van der Waals surface area (Å²) in [5.74, 6) is 2.37. The first-order valence-electron chi connectivity index (χ1n) is 7.66. The van der Waals surface area contributed by atoms with Gasteiger partial charge in [0.05, 0.1) is 19.3 Å². The van der Waals surface area contributed by atoms with Gasteiger partial charge >= 0.3 is 0 Å². The molecule has 1 aliphatic rings. The van der Waals surface area contributed by atoms with Gasteiger partial charge in [0.1, 0.15) is 0 Å². The van der Waals surface area contributed by atoms with E-state index >= 15 is 0 Å². The Kier molecular flexibility index (Phi) is 5.30. The first-order chi connectivity index (χ1) is 9.63. The molecule has 20 heavy (non-hydrogen) atoms. The predicted molar refractivity (Wildman–Crippen MR) is 80.3 cm³/mol. The summed E-state index contributed by atoms with van der Waals surface area (Å²) in [7, 11) is 1.64. The third-order valence-electron chi connectivity index (χ3n) is 4.33. The molecule has 0 heterocycles. The van der Waals surface area contributed by atoms with Crippen molar-refractivity contribution >= 4 is 0 Å². The van der Waals surface area contributed by atoms with Crippen LogP contribution in [0.5, 0.6) is 11.5 Å². The van der Waals surface area contributed by atoms with Crippen LogP contribution in [0.3, 0.4) is 0 Å². The molecule has 1 aromatic carbocycles. The first-order valence-corrected chi connectivity index (χ1v) is 7.66. The molecule has 3 nitrogen and oxygen atoms in total. The fourth-order valence-corrected chi connectivity index (χ4v) is 2.88. The molecular formula is C17H26O3. The van der Waals surface area contributed by atoms with Crippen molar-refractivity contribution in [2.24, 2.45) is 5.92 Å². The van der Waals surface area contributed by atoms with E-state index in [1.807, 2.05) is 18.2 Å². The summed E-state index contributed by atoms with van der Waals surface area (Å²) in [5.41, 5.74) is 0.851. The summed E-state index contributed by atoms with van der Waals surface area (Å²) in [6, 6.07) is 5.67. The molecular weight excluding hydrogens is 252 g/mol. The van der Waals surface area contributed by atoms with Gasteiger partial charge in [0.2, 0.25) is 0 Å². The van der Waals surface area contributed by atoms with Gasteiger partial charge in [-0.1, -0.05) is 19.4 Å². The van der Waals surface area contributed by atoms with Crippen LogP contribution in [0, 0.1) is 5.92 Å². The lowest BCUT2D eigenvalue weighted by atomic mass is 9.86. The molecule has 0 spiro atoms. The van der Waals surface area contributed by atoms with Gasteiger partial charge in [0.25, 0.3) is 0 Å². The van der Waals surface area contributed by atoms with Crippen molar-refractivity contribution in [3.05, 3.63) is 23.8 Å². The number of hydrogen-bond acceptors (Lipinski definition) is 3. The molecule has 2 rings (SSSR count).